The molecule has 0 fully saturated rings. The summed E-state index contributed by atoms with van der Waals surface area (Å²) in [6, 6.07) is 1.52. The van der Waals surface area contributed by atoms with E-state index >= 15 is 0 Å². The Morgan fingerprint density at radius 2 is 2.11 bits per heavy atom. The Morgan fingerprint density at radius 1 is 1.44 bits per heavy atom. The van der Waals surface area contributed by atoms with Gasteiger partial charge in [-0.15, -0.1) is 0 Å². The van der Waals surface area contributed by atoms with E-state index in [1.807, 2.05) is 13.8 Å². The smallest absolute Gasteiger partial charge is 0.282 e. The van der Waals surface area contributed by atoms with E-state index in [9.17, 15) is 4.79 Å². The number of aromatic nitrogens is 1. The van der Waals surface area contributed by atoms with Gasteiger partial charge in [-0.05, 0) is 6.07 Å². The van der Waals surface area contributed by atoms with E-state index in [2.05, 4.69) is 4.99 Å². The lowest BCUT2D eigenvalue weighted by atomic mass is 10.1. The predicted molar refractivity (Wildman–Crippen MR) is 72.4 cm³/mol. The third-order valence-corrected chi connectivity index (χ3v) is 2.52. The summed E-state index contributed by atoms with van der Waals surface area (Å²) < 4.78 is 6.47. The number of pyridine rings is 1. The van der Waals surface area contributed by atoms with Gasteiger partial charge in [0.1, 0.15) is 0 Å². The normalized spacial score (nSPS) is 18.2. The van der Waals surface area contributed by atoms with Gasteiger partial charge in [0.25, 0.3) is 11.6 Å². The number of ether oxygens (including phenoxy) is 1. The number of nitrogens with two attached hydrogens (primary N) is 2. The number of nitrogens with zero attached hydrogens (tertiary/aromatic N) is 2. The van der Waals surface area contributed by atoms with Gasteiger partial charge in [-0.25, -0.2) is 4.99 Å². The molecule has 0 saturated carbocycles. The summed E-state index contributed by atoms with van der Waals surface area (Å²) in [4.78, 5) is 16.0. The molecule has 0 radical (unpaired) electrons. The van der Waals surface area contributed by atoms with Crippen LogP contribution in [0.1, 0.15) is 31.9 Å². The molecule has 1 aliphatic rings. The molecule has 1 aliphatic heterocycles. The van der Waals surface area contributed by atoms with Crippen LogP contribution in [-0.4, -0.2) is 17.2 Å². The summed E-state index contributed by atoms with van der Waals surface area (Å²) in [5.41, 5.74) is 12.2. The molecule has 2 heterocycles. The molecule has 0 saturated heterocycles. The monoisotopic (exact) mass is 252 g/mol. The van der Waals surface area contributed by atoms with Crippen LogP contribution in [-0.2, 0) is 11.8 Å². The van der Waals surface area contributed by atoms with E-state index < -0.39 is 0 Å². The molecule has 0 amide bonds. The minimum atomic E-state index is -0.254. The Bertz CT molecular complexity index is 493. The lowest BCUT2D eigenvalue weighted by Gasteiger charge is -2.19. The Kier molecular flexibility index (Phi) is 4.76. The van der Waals surface area contributed by atoms with Crippen molar-refractivity contribution < 1.29 is 4.74 Å². The largest absolute Gasteiger partial charge is 0.465 e. The zero-order valence-corrected chi connectivity index (χ0v) is 11.0. The average molecular weight is 252 g/mol. The highest BCUT2D eigenvalue weighted by atomic mass is 16.5. The topological polar surface area (TPSA) is 95.6 Å². The number of anilines is 1. The fourth-order valence-electron chi connectivity index (χ4n) is 1.76. The highest BCUT2D eigenvalue weighted by Crippen LogP contribution is 2.22. The molecule has 0 aliphatic carbocycles. The van der Waals surface area contributed by atoms with Crippen molar-refractivity contribution in [3.05, 3.63) is 28.2 Å². The summed E-state index contributed by atoms with van der Waals surface area (Å²) >= 11 is 0. The maximum atomic E-state index is 11.9. The van der Waals surface area contributed by atoms with E-state index in [4.69, 9.17) is 16.2 Å². The van der Waals surface area contributed by atoms with Crippen LogP contribution in [0, 0.1) is 0 Å². The fourth-order valence-corrected chi connectivity index (χ4v) is 1.76. The Balaban J connectivity index is 0.000000771. The first kappa shape index (κ1) is 14.1. The van der Waals surface area contributed by atoms with Gasteiger partial charge in [0, 0.05) is 30.9 Å². The lowest BCUT2D eigenvalue weighted by molar-refractivity contribution is 0.255. The lowest BCUT2D eigenvalue weighted by Crippen LogP contribution is -2.28. The molecule has 1 atom stereocenters. The summed E-state index contributed by atoms with van der Waals surface area (Å²) in [5.74, 6) is 0. The van der Waals surface area contributed by atoms with Gasteiger partial charge in [0.05, 0.1) is 12.6 Å². The Morgan fingerprint density at radius 3 is 2.72 bits per heavy atom. The molecule has 0 spiro atoms. The quantitative estimate of drug-likeness (QED) is 0.771. The Labute approximate surface area is 106 Å². The summed E-state index contributed by atoms with van der Waals surface area (Å²) in [6.45, 7) is 4.47. The van der Waals surface area contributed by atoms with Crippen molar-refractivity contribution in [1.82, 2.24) is 4.57 Å². The van der Waals surface area contributed by atoms with Crippen LogP contribution in [0.25, 0.3) is 0 Å². The van der Waals surface area contributed by atoms with Gasteiger partial charge in [0.15, 0.2) is 0 Å². The minimum absolute atomic E-state index is 0.0994. The van der Waals surface area contributed by atoms with Crippen molar-refractivity contribution in [3.8, 4) is 0 Å². The SMILES string of the molecule is CC.Cn1cc(N)cc(C2CCOC(N)=N2)c1=O. The van der Waals surface area contributed by atoms with Gasteiger partial charge >= 0.3 is 0 Å². The van der Waals surface area contributed by atoms with E-state index in [-0.39, 0.29) is 17.6 Å². The number of rotatable bonds is 1. The Hall–Kier alpha value is -1.98. The average Bonchev–Trinajstić information content (AvgIpc) is 2.36. The molecular weight excluding hydrogens is 232 g/mol. The van der Waals surface area contributed by atoms with E-state index in [0.717, 1.165) is 0 Å². The van der Waals surface area contributed by atoms with Crippen molar-refractivity contribution in [1.29, 1.82) is 0 Å². The number of hydrogen-bond acceptors (Lipinski definition) is 5. The molecule has 2 rings (SSSR count). The molecule has 6 heteroatoms. The van der Waals surface area contributed by atoms with Crippen LogP contribution < -0.4 is 17.0 Å². The molecule has 6 nitrogen and oxygen atoms in total. The number of aliphatic imine (C=N–C) groups is 1. The van der Waals surface area contributed by atoms with Crippen molar-refractivity contribution in [2.24, 2.45) is 17.8 Å². The molecule has 1 aromatic rings. The minimum Gasteiger partial charge on any atom is -0.465 e. The van der Waals surface area contributed by atoms with Crippen molar-refractivity contribution >= 4 is 11.7 Å². The maximum absolute atomic E-state index is 11.9. The van der Waals surface area contributed by atoms with Crippen LogP contribution >= 0.6 is 0 Å². The van der Waals surface area contributed by atoms with Crippen LogP contribution in [0.2, 0.25) is 0 Å². The first-order chi connectivity index (χ1) is 8.58. The highest BCUT2D eigenvalue weighted by molar-refractivity contribution is 5.72. The summed E-state index contributed by atoms with van der Waals surface area (Å²) in [6.07, 6.45) is 2.22. The van der Waals surface area contributed by atoms with E-state index in [1.165, 1.54) is 4.57 Å². The van der Waals surface area contributed by atoms with Gasteiger partial charge < -0.3 is 20.8 Å². The molecule has 18 heavy (non-hydrogen) atoms. The zero-order valence-electron chi connectivity index (χ0n) is 11.0. The second-order valence-corrected chi connectivity index (χ2v) is 3.77. The van der Waals surface area contributed by atoms with Crippen LogP contribution in [0.15, 0.2) is 22.1 Å². The molecular formula is C12H20N4O2. The number of hydrogen-bond donors (Lipinski definition) is 2. The van der Waals surface area contributed by atoms with Gasteiger partial charge in [-0.2, -0.15) is 0 Å². The summed E-state index contributed by atoms with van der Waals surface area (Å²) in [5, 5.41) is 0. The molecule has 1 aromatic heterocycles. The molecule has 1 unspecified atom stereocenters. The van der Waals surface area contributed by atoms with Crippen LogP contribution in [0.3, 0.4) is 0 Å². The van der Waals surface area contributed by atoms with E-state index in [0.29, 0.717) is 24.3 Å². The first-order valence-corrected chi connectivity index (χ1v) is 6.00. The van der Waals surface area contributed by atoms with Gasteiger partial charge in [-0.1, -0.05) is 13.8 Å². The second kappa shape index (κ2) is 6.09. The number of amidine groups is 1. The van der Waals surface area contributed by atoms with Crippen LogP contribution in [0.4, 0.5) is 5.69 Å². The number of nitrogen functional groups attached to an aromatic ring is 1. The first-order valence-electron chi connectivity index (χ1n) is 6.00. The van der Waals surface area contributed by atoms with Gasteiger partial charge in [0.2, 0.25) is 0 Å². The van der Waals surface area contributed by atoms with Crippen LogP contribution in [0.5, 0.6) is 0 Å². The zero-order chi connectivity index (χ0) is 13.7. The number of aryl methyl sites for hydroxylation is 1. The standard InChI is InChI=1S/C10H14N4O2.C2H6/c1-14-5-6(11)4-7(9(14)15)8-2-3-16-10(12)13-8;1-2/h4-5,8H,2-3,11H2,1H3,(H2,12,13);1-2H3. The fraction of sp³-hybridized carbons (Fsp3) is 0.500. The predicted octanol–water partition coefficient (Wildman–Crippen LogP) is 0.770. The molecule has 0 aromatic carbocycles. The molecule has 0 bridgehead atoms. The van der Waals surface area contributed by atoms with Crippen molar-refractivity contribution in [3.63, 3.8) is 0 Å². The summed E-state index contributed by atoms with van der Waals surface area (Å²) in [7, 11) is 1.66. The van der Waals surface area contributed by atoms with Gasteiger partial charge in [-0.3, -0.25) is 4.79 Å². The maximum Gasteiger partial charge on any atom is 0.282 e. The molecule has 100 valence electrons. The van der Waals surface area contributed by atoms with E-state index in [1.54, 1.807) is 19.3 Å². The van der Waals surface area contributed by atoms with Crippen molar-refractivity contribution in [2.75, 3.05) is 12.3 Å². The third kappa shape index (κ3) is 3.03. The molecule has 4 N–H and O–H groups in total. The third-order valence-electron chi connectivity index (χ3n) is 2.52. The second-order valence-electron chi connectivity index (χ2n) is 3.77. The van der Waals surface area contributed by atoms with Crippen molar-refractivity contribution in [2.45, 2.75) is 26.3 Å². The highest BCUT2D eigenvalue weighted by Gasteiger charge is 2.20.